The van der Waals surface area contributed by atoms with Gasteiger partial charge in [-0.15, -0.1) is 0 Å². The van der Waals surface area contributed by atoms with E-state index in [4.69, 9.17) is 0 Å². The molecule has 0 saturated heterocycles. The number of hydrogen-bond acceptors (Lipinski definition) is 0. The fourth-order valence-electron chi connectivity index (χ4n) is 3.96. The second-order valence-corrected chi connectivity index (χ2v) is 8.62. The molecular weight excluding hydrogens is 312 g/mol. The number of hydrogen-bond donors (Lipinski definition) is 0. The van der Waals surface area contributed by atoms with Gasteiger partial charge in [0.1, 0.15) is 0 Å². The van der Waals surface area contributed by atoms with Crippen molar-refractivity contribution in [2.24, 2.45) is 0 Å². The van der Waals surface area contributed by atoms with Crippen LogP contribution >= 0.6 is 0 Å². The summed E-state index contributed by atoms with van der Waals surface area (Å²) in [4.78, 5) is 0. The lowest BCUT2D eigenvalue weighted by atomic mass is 10.0. The minimum Gasteiger partial charge on any atom is -0.0654 e. The number of rotatable bonds is 23. The van der Waals surface area contributed by atoms with E-state index in [1.807, 2.05) is 0 Å². The third-order valence-corrected chi connectivity index (χ3v) is 5.85. The zero-order valence-electron chi connectivity index (χ0n) is 18.8. The highest BCUT2D eigenvalue weighted by Crippen LogP contribution is 2.15. The zero-order chi connectivity index (χ0) is 19.0. The van der Waals surface area contributed by atoms with E-state index in [9.17, 15) is 0 Å². The smallest absolute Gasteiger partial charge is 0.0417 e. The molecule has 0 saturated carbocycles. The summed E-state index contributed by atoms with van der Waals surface area (Å²) < 4.78 is 0. The van der Waals surface area contributed by atoms with E-state index in [1.54, 1.807) is 0 Å². The van der Waals surface area contributed by atoms with Gasteiger partial charge in [0, 0.05) is 0 Å². The largest absolute Gasteiger partial charge is 0.0654 e. The van der Waals surface area contributed by atoms with Crippen LogP contribution in [0.4, 0.5) is 0 Å². The van der Waals surface area contributed by atoms with Gasteiger partial charge in [0.25, 0.3) is 0 Å². The van der Waals surface area contributed by atoms with Crippen LogP contribution in [0.15, 0.2) is 0 Å². The van der Waals surface area contributed by atoms with Gasteiger partial charge >= 0.3 is 0 Å². The average molecular weight is 366 g/mol. The van der Waals surface area contributed by atoms with Gasteiger partial charge in [0.05, 0.1) is 0 Å². The van der Waals surface area contributed by atoms with Crippen LogP contribution in [0.3, 0.4) is 0 Å². The van der Waals surface area contributed by atoms with Crippen LogP contribution in [0.2, 0.25) is 0 Å². The maximum absolute atomic E-state index is 2.30. The van der Waals surface area contributed by atoms with Crippen molar-refractivity contribution >= 4 is 0 Å². The quantitative estimate of drug-likeness (QED) is 0.158. The summed E-state index contributed by atoms with van der Waals surface area (Å²) in [5, 5.41) is 0. The molecule has 0 aromatic heterocycles. The predicted molar refractivity (Wildman–Crippen MR) is 122 cm³/mol. The standard InChI is InChI=1S/C26H53/c1-3-5-7-9-11-13-15-17-19-21-23-25-26-24-22-20-18-16-14-12-10-8-6-4-2/h3H,4-26H2,1-2H3. The Hall–Kier alpha value is 0. The molecule has 0 nitrogen and oxygen atoms in total. The number of unbranched alkanes of at least 4 members (excludes halogenated alkanes) is 23. The van der Waals surface area contributed by atoms with E-state index in [2.05, 4.69) is 20.3 Å². The van der Waals surface area contributed by atoms with Crippen molar-refractivity contribution in [3.63, 3.8) is 0 Å². The lowest BCUT2D eigenvalue weighted by Crippen LogP contribution is -1.84. The van der Waals surface area contributed by atoms with Gasteiger partial charge in [-0.25, -0.2) is 0 Å². The Morgan fingerprint density at radius 1 is 0.346 bits per heavy atom. The van der Waals surface area contributed by atoms with Crippen LogP contribution in [0.1, 0.15) is 162 Å². The van der Waals surface area contributed by atoms with Crippen LogP contribution < -0.4 is 0 Å². The van der Waals surface area contributed by atoms with Crippen molar-refractivity contribution in [2.75, 3.05) is 0 Å². The second-order valence-electron chi connectivity index (χ2n) is 8.62. The average Bonchev–Trinajstić information content (AvgIpc) is 2.66. The van der Waals surface area contributed by atoms with Crippen molar-refractivity contribution in [3.8, 4) is 0 Å². The molecule has 157 valence electrons. The third-order valence-electron chi connectivity index (χ3n) is 5.85. The summed E-state index contributed by atoms with van der Waals surface area (Å²) in [5.74, 6) is 0. The van der Waals surface area contributed by atoms with Crippen molar-refractivity contribution in [1.82, 2.24) is 0 Å². The van der Waals surface area contributed by atoms with Gasteiger partial charge < -0.3 is 0 Å². The van der Waals surface area contributed by atoms with Crippen LogP contribution in [0.5, 0.6) is 0 Å². The van der Waals surface area contributed by atoms with Crippen molar-refractivity contribution < 1.29 is 0 Å². The zero-order valence-corrected chi connectivity index (χ0v) is 18.8. The molecule has 0 atom stereocenters. The summed E-state index contributed by atoms with van der Waals surface area (Å²) in [6, 6.07) is 0. The van der Waals surface area contributed by atoms with Crippen molar-refractivity contribution in [1.29, 1.82) is 0 Å². The Labute approximate surface area is 168 Å². The molecule has 0 aliphatic heterocycles. The first kappa shape index (κ1) is 26.0. The Balaban J connectivity index is 2.95. The first-order valence-electron chi connectivity index (χ1n) is 12.7. The van der Waals surface area contributed by atoms with Crippen LogP contribution in [-0.2, 0) is 0 Å². The molecular formula is C26H53. The monoisotopic (exact) mass is 365 g/mol. The van der Waals surface area contributed by atoms with E-state index in [-0.39, 0.29) is 0 Å². The van der Waals surface area contributed by atoms with Crippen LogP contribution in [-0.4, -0.2) is 0 Å². The van der Waals surface area contributed by atoms with Crippen LogP contribution in [0.25, 0.3) is 0 Å². The van der Waals surface area contributed by atoms with Crippen molar-refractivity contribution in [2.45, 2.75) is 162 Å². The molecule has 0 aliphatic rings. The molecule has 0 aliphatic carbocycles. The SMILES string of the molecule is C[CH]CCCCCCCCCCCCCCCCCCCCCCCC. The first-order chi connectivity index (χ1) is 12.9. The molecule has 26 heavy (non-hydrogen) atoms. The summed E-state index contributed by atoms with van der Waals surface area (Å²) >= 11 is 0. The molecule has 0 aromatic carbocycles. The van der Waals surface area contributed by atoms with E-state index >= 15 is 0 Å². The van der Waals surface area contributed by atoms with Gasteiger partial charge in [-0.1, -0.05) is 162 Å². The first-order valence-corrected chi connectivity index (χ1v) is 12.7. The lowest BCUT2D eigenvalue weighted by Gasteiger charge is -2.04. The normalized spacial score (nSPS) is 11.3. The maximum atomic E-state index is 2.30. The minimum atomic E-state index is 1.32. The topological polar surface area (TPSA) is 0 Å². The van der Waals surface area contributed by atoms with Crippen molar-refractivity contribution in [3.05, 3.63) is 6.42 Å². The summed E-state index contributed by atoms with van der Waals surface area (Å²) in [6.45, 7) is 4.48. The fourth-order valence-corrected chi connectivity index (χ4v) is 3.96. The Kier molecular flexibility index (Phi) is 25.0. The molecule has 0 spiro atoms. The van der Waals surface area contributed by atoms with E-state index in [0.717, 1.165) is 0 Å². The minimum absolute atomic E-state index is 1.32. The van der Waals surface area contributed by atoms with Gasteiger partial charge in [-0.2, -0.15) is 0 Å². The maximum Gasteiger partial charge on any atom is -0.0417 e. The summed E-state index contributed by atoms with van der Waals surface area (Å²) in [6.07, 6.45) is 36.0. The Morgan fingerprint density at radius 3 is 0.808 bits per heavy atom. The third kappa shape index (κ3) is 24.0. The van der Waals surface area contributed by atoms with Gasteiger partial charge in [0.15, 0.2) is 0 Å². The molecule has 0 rings (SSSR count). The summed E-state index contributed by atoms with van der Waals surface area (Å²) in [5.41, 5.74) is 0. The molecule has 0 fully saturated rings. The molecule has 0 N–H and O–H groups in total. The highest BCUT2D eigenvalue weighted by atomic mass is 14.0. The molecule has 1 radical (unpaired) electrons. The van der Waals surface area contributed by atoms with E-state index in [0.29, 0.717) is 0 Å². The Bertz CT molecular complexity index is 196. The second kappa shape index (κ2) is 25.0. The molecule has 0 bridgehead atoms. The highest BCUT2D eigenvalue weighted by molar-refractivity contribution is 4.56. The Morgan fingerprint density at radius 2 is 0.577 bits per heavy atom. The van der Waals surface area contributed by atoms with Crippen LogP contribution in [0, 0.1) is 6.42 Å². The molecule has 0 heteroatoms. The van der Waals surface area contributed by atoms with Gasteiger partial charge in [-0.3, -0.25) is 0 Å². The predicted octanol–water partition coefficient (Wildman–Crippen LogP) is 10.2. The molecule has 0 amide bonds. The van der Waals surface area contributed by atoms with Gasteiger partial charge in [-0.05, 0) is 6.42 Å². The molecule has 0 heterocycles. The van der Waals surface area contributed by atoms with E-state index < -0.39 is 0 Å². The van der Waals surface area contributed by atoms with Gasteiger partial charge in [0.2, 0.25) is 0 Å². The van der Waals surface area contributed by atoms with E-state index in [1.165, 1.54) is 148 Å². The summed E-state index contributed by atoms with van der Waals surface area (Å²) in [7, 11) is 0. The highest BCUT2D eigenvalue weighted by Gasteiger charge is 1.95. The fraction of sp³-hybridized carbons (Fsp3) is 0.962. The lowest BCUT2D eigenvalue weighted by molar-refractivity contribution is 0.519. The molecule has 0 aromatic rings. The molecule has 0 unspecified atom stereocenters.